The maximum Gasteiger partial charge on any atom is 0.0361 e. The summed E-state index contributed by atoms with van der Waals surface area (Å²) >= 11 is 0. The smallest absolute Gasteiger partial charge is 0.0361 e. The van der Waals surface area contributed by atoms with Gasteiger partial charge in [0.05, 0.1) is 0 Å². The molecule has 0 radical (unpaired) electrons. The molecule has 2 aliphatic heterocycles. The molecular weight excluding hydrogens is 218 g/mol. The summed E-state index contributed by atoms with van der Waals surface area (Å²) in [7, 11) is 0. The second-order valence-electron chi connectivity index (χ2n) is 5.28. The Labute approximate surface area is 104 Å². The van der Waals surface area contributed by atoms with Gasteiger partial charge in [0.15, 0.2) is 0 Å². The molecule has 0 amide bonds. The molecule has 2 bridgehead atoms. The van der Waals surface area contributed by atoms with Gasteiger partial charge in [-0.05, 0) is 44.7 Å². The van der Waals surface area contributed by atoms with Crippen molar-refractivity contribution in [1.29, 1.82) is 0 Å². The SMILES string of the molecule is Cc1ccc2c(c1)C1CCC2N1C(C)C.Cl. The Morgan fingerprint density at radius 3 is 2.38 bits per heavy atom. The van der Waals surface area contributed by atoms with Crippen molar-refractivity contribution in [2.45, 2.75) is 51.7 Å². The van der Waals surface area contributed by atoms with Crippen LogP contribution in [-0.2, 0) is 0 Å². The van der Waals surface area contributed by atoms with E-state index in [4.69, 9.17) is 0 Å². The third-order valence-electron chi connectivity index (χ3n) is 3.99. The van der Waals surface area contributed by atoms with Gasteiger partial charge in [0.1, 0.15) is 0 Å². The minimum atomic E-state index is 0. The molecular formula is C14H20ClN. The van der Waals surface area contributed by atoms with Crippen molar-refractivity contribution >= 4 is 12.4 Å². The van der Waals surface area contributed by atoms with E-state index in [1.807, 2.05) is 0 Å². The highest BCUT2D eigenvalue weighted by atomic mass is 35.5. The first-order chi connectivity index (χ1) is 7.18. The van der Waals surface area contributed by atoms with Crippen LogP contribution in [0.3, 0.4) is 0 Å². The van der Waals surface area contributed by atoms with E-state index in [1.54, 1.807) is 11.1 Å². The Balaban J connectivity index is 0.000000963. The third kappa shape index (κ3) is 1.49. The van der Waals surface area contributed by atoms with Gasteiger partial charge >= 0.3 is 0 Å². The molecule has 0 N–H and O–H groups in total. The van der Waals surface area contributed by atoms with Crippen LogP contribution >= 0.6 is 12.4 Å². The molecule has 16 heavy (non-hydrogen) atoms. The van der Waals surface area contributed by atoms with Gasteiger partial charge in [-0.25, -0.2) is 0 Å². The highest BCUT2D eigenvalue weighted by Gasteiger charge is 2.44. The van der Waals surface area contributed by atoms with E-state index in [0.29, 0.717) is 18.1 Å². The van der Waals surface area contributed by atoms with Gasteiger partial charge in [-0.2, -0.15) is 0 Å². The number of hydrogen-bond donors (Lipinski definition) is 0. The van der Waals surface area contributed by atoms with Crippen LogP contribution in [0, 0.1) is 6.92 Å². The van der Waals surface area contributed by atoms with Crippen molar-refractivity contribution in [1.82, 2.24) is 4.90 Å². The summed E-state index contributed by atoms with van der Waals surface area (Å²) in [5, 5.41) is 0. The molecule has 3 rings (SSSR count). The van der Waals surface area contributed by atoms with Crippen LogP contribution in [-0.4, -0.2) is 10.9 Å². The van der Waals surface area contributed by atoms with E-state index < -0.39 is 0 Å². The summed E-state index contributed by atoms with van der Waals surface area (Å²) in [4.78, 5) is 2.70. The Kier molecular flexibility index (Phi) is 3.02. The topological polar surface area (TPSA) is 3.24 Å². The van der Waals surface area contributed by atoms with Crippen molar-refractivity contribution in [3.05, 3.63) is 34.9 Å². The van der Waals surface area contributed by atoms with Gasteiger partial charge in [0.25, 0.3) is 0 Å². The molecule has 1 fully saturated rings. The molecule has 1 nitrogen and oxygen atoms in total. The average molecular weight is 238 g/mol. The highest BCUT2D eigenvalue weighted by molar-refractivity contribution is 5.85. The first-order valence-electron chi connectivity index (χ1n) is 6.06. The summed E-state index contributed by atoms with van der Waals surface area (Å²) in [5.74, 6) is 0. The highest BCUT2D eigenvalue weighted by Crippen LogP contribution is 2.53. The molecule has 2 heteroatoms. The van der Waals surface area contributed by atoms with Crippen LogP contribution in [0.4, 0.5) is 0 Å². The zero-order valence-electron chi connectivity index (χ0n) is 10.2. The van der Waals surface area contributed by atoms with E-state index in [0.717, 1.165) is 0 Å². The maximum atomic E-state index is 2.70. The fraction of sp³-hybridized carbons (Fsp3) is 0.571. The molecule has 0 aliphatic carbocycles. The van der Waals surface area contributed by atoms with Crippen LogP contribution in [0.1, 0.15) is 55.5 Å². The van der Waals surface area contributed by atoms with Crippen molar-refractivity contribution in [2.75, 3.05) is 0 Å². The Hall–Kier alpha value is -0.530. The van der Waals surface area contributed by atoms with Crippen molar-refractivity contribution in [3.63, 3.8) is 0 Å². The molecule has 2 aliphatic rings. The van der Waals surface area contributed by atoms with Crippen LogP contribution in [0.15, 0.2) is 18.2 Å². The number of aryl methyl sites for hydroxylation is 1. The zero-order valence-corrected chi connectivity index (χ0v) is 11.1. The number of rotatable bonds is 1. The Morgan fingerprint density at radius 1 is 1.12 bits per heavy atom. The quantitative estimate of drug-likeness (QED) is 0.713. The van der Waals surface area contributed by atoms with Gasteiger partial charge in [0, 0.05) is 18.1 Å². The van der Waals surface area contributed by atoms with Gasteiger partial charge in [-0.15, -0.1) is 12.4 Å². The van der Waals surface area contributed by atoms with Gasteiger partial charge in [-0.1, -0.05) is 23.8 Å². The Morgan fingerprint density at radius 2 is 1.75 bits per heavy atom. The fourth-order valence-corrected chi connectivity index (χ4v) is 3.47. The lowest BCUT2D eigenvalue weighted by Crippen LogP contribution is -2.27. The normalized spacial score (nSPS) is 27.0. The second kappa shape index (κ2) is 4.05. The molecule has 1 aromatic rings. The molecule has 2 atom stereocenters. The van der Waals surface area contributed by atoms with Gasteiger partial charge in [0.2, 0.25) is 0 Å². The average Bonchev–Trinajstić information content (AvgIpc) is 2.72. The standard InChI is InChI=1S/C14H19N.ClH/c1-9(2)15-13-6-7-14(15)12-8-10(3)4-5-11(12)13;/h4-5,8-9,13-14H,6-7H2,1-3H3;1H. The van der Waals surface area contributed by atoms with E-state index in [2.05, 4.69) is 43.9 Å². The molecule has 2 unspecified atom stereocenters. The van der Waals surface area contributed by atoms with E-state index in [-0.39, 0.29) is 12.4 Å². The Bertz CT molecular complexity index is 400. The minimum absolute atomic E-state index is 0. The molecule has 0 saturated carbocycles. The minimum Gasteiger partial charge on any atom is -0.287 e. The molecule has 0 spiro atoms. The summed E-state index contributed by atoms with van der Waals surface area (Å²) in [6.07, 6.45) is 2.72. The van der Waals surface area contributed by atoms with Crippen molar-refractivity contribution in [2.24, 2.45) is 0 Å². The van der Waals surface area contributed by atoms with Crippen LogP contribution < -0.4 is 0 Å². The number of halogens is 1. The summed E-state index contributed by atoms with van der Waals surface area (Å²) in [6, 6.07) is 9.11. The van der Waals surface area contributed by atoms with E-state index in [1.165, 1.54) is 18.4 Å². The second-order valence-corrected chi connectivity index (χ2v) is 5.28. The van der Waals surface area contributed by atoms with Gasteiger partial charge in [-0.3, -0.25) is 4.90 Å². The molecule has 1 saturated heterocycles. The lowest BCUT2D eigenvalue weighted by Gasteiger charge is -2.26. The predicted octanol–water partition coefficient (Wildman–Crippen LogP) is 4.02. The summed E-state index contributed by atoms with van der Waals surface area (Å²) in [5.41, 5.74) is 4.62. The van der Waals surface area contributed by atoms with E-state index in [9.17, 15) is 0 Å². The lowest BCUT2D eigenvalue weighted by molar-refractivity contribution is 0.174. The monoisotopic (exact) mass is 237 g/mol. The van der Waals surface area contributed by atoms with Gasteiger partial charge < -0.3 is 0 Å². The molecule has 1 aromatic carbocycles. The van der Waals surface area contributed by atoms with Crippen molar-refractivity contribution < 1.29 is 0 Å². The predicted molar refractivity (Wildman–Crippen MR) is 70.1 cm³/mol. The lowest BCUT2D eigenvalue weighted by atomic mass is 9.91. The fourth-order valence-electron chi connectivity index (χ4n) is 3.47. The number of nitrogens with zero attached hydrogens (tertiary/aromatic N) is 1. The van der Waals surface area contributed by atoms with E-state index >= 15 is 0 Å². The van der Waals surface area contributed by atoms with Crippen LogP contribution in [0.2, 0.25) is 0 Å². The summed E-state index contributed by atoms with van der Waals surface area (Å²) < 4.78 is 0. The molecule has 0 aromatic heterocycles. The van der Waals surface area contributed by atoms with Crippen molar-refractivity contribution in [3.8, 4) is 0 Å². The first-order valence-corrected chi connectivity index (χ1v) is 6.06. The molecule has 2 heterocycles. The largest absolute Gasteiger partial charge is 0.287 e. The zero-order chi connectivity index (χ0) is 10.6. The van der Waals surface area contributed by atoms with Crippen LogP contribution in [0.25, 0.3) is 0 Å². The maximum absolute atomic E-state index is 2.70. The van der Waals surface area contributed by atoms with Crippen LogP contribution in [0.5, 0.6) is 0 Å². The number of benzene rings is 1. The molecule has 88 valence electrons. The number of fused-ring (bicyclic) bond motifs is 5. The number of hydrogen-bond acceptors (Lipinski definition) is 1. The summed E-state index contributed by atoms with van der Waals surface area (Å²) in [6.45, 7) is 6.85. The third-order valence-corrected chi connectivity index (χ3v) is 3.99. The first kappa shape index (κ1) is 11.9.